The Morgan fingerprint density at radius 1 is 1.35 bits per heavy atom. The van der Waals surface area contributed by atoms with E-state index < -0.39 is 5.60 Å². The topological polar surface area (TPSA) is 58.9 Å². The van der Waals surface area contributed by atoms with Gasteiger partial charge in [-0.3, -0.25) is 0 Å². The second-order valence-corrected chi connectivity index (χ2v) is 4.79. The van der Waals surface area contributed by atoms with E-state index in [1.165, 1.54) is 7.11 Å². The molecule has 0 aromatic heterocycles. The zero-order chi connectivity index (χ0) is 13.1. The molecule has 0 radical (unpaired) electrons. The quantitative estimate of drug-likeness (QED) is 0.850. The molecule has 2 N–H and O–H groups in total. The van der Waals surface area contributed by atoms with Gasteiger partial charge in [-0.15, -0.1) is 0 Å². The van der Waals surface area contributed by atoms with E-state index in [-0.39, 0.29) is 13.2 Å². The second-order valence-electron chi connectivity index (χ2n) is 4.36. The van der Waals surface area contributed by atoms with Gasteiger partial charge in [0, 0.05) is 16.7 Å². The van der Waals surface area contributed by atoms with Crippen LogP contribution in [0.25, 0.3) is 0 Å². The molecule has 0 saturated heterocycles. The third-order valence-corrected chi connectivity index (χ3v) is 2.27. The Hall–Kier alpha value is -0.970. The zero-order valence-corrected chi connectivity index (χ0v) is 10.9. The Labute approximate surface area is 106 Å². The third-order valence-electron chi connectivity index (χ3n) is 2.06. The van der Waals surface area contributed by atoms with Gasteiger partial charge in [-0.2, -0.15) is 0 Å². The standard InChI is InChI=1S/C12H17ClO4/c1-12(2,15)7-17-11-8(6-14)4-9(13)5-10(11)16-3/h4-5,14-15H,6-7H2,1-3H3. The first-order valence-corrected chi connectivity index (χ1v) is 5.57. The summed E-state index contributed by atoms with van der Waals surface area (Å²) in [5.74, 6) is 0.840. The fourth-order valence-electron chi connectivity index (χ4n) is 1.30. The van der Waals surface area contributed by atoms with Gasteiger partial charge >= 0.3 is 0 Å². The third kappa shape index (κ3) is 4.07. The average molecular weight is 261 g/mol. The molecule has 0 atom stereocenters. The number of hydrogen-bond acceptors (Lipinski definition) is 4. The molecule has 4 nitrogen and oxygen atoms in total. The van der Waals surface area contributed by atoms with Crippen LogP contribution in [0.2, 0.25) is 5.02 Å². The van der Waals surface area contributed by atoms with Gasteiger partial charge in [0.2, 0.25) is 0 Å². The summed E-state index contributed by atoms with van der Waals surface area (Å²) in [5, 5.41) is 19.3. The number of hydrogen-bond donors (Lipinski definition) is 2. The van der Waals surface area contributed by atoms with E-state index >= 15 is 0 Å². The van der Waals surface area contributed by atoms with Crippen molar-refractivity contribution in [3.63, 3.8) is 0 Å². The van der Waals surface area contributed by atoms with Crippen LogP contribution in [-0.2, 0) is 6.61 Å². The van der Waals surface area contributed by atoms with Gasteiger partial charge in [0.15, 0.2) is 11.5 Å². The van der Waals surface area contributed by atoms with E-state index in [0.717, 1.165) is 0 Å². The molecule has 0 saturated carbocycles. The summed E-state index contributed by atoms with van der Waals surface area (Å²) < 4.78 is 10.6. The number of methoxy groups -OCH3 is 1. The van der Waals surface area contributed by atoms with Gasteiger partial charge in [-0.05, 0) is 19.9 Å². The lowest BCUT2D eigenvalue weighted by molar-refractivity contribution is 0.0268. The van der Waals surface area contributed by atoms with Crippen molar-refractivity contribution in [3.05, 3.63) is 22.7 Å². The van der Waals surface area contributed by atoms with E-state index in [9.17, 15) is 10.2 Å². The maximum atomic E-state index is 9.61. The Balaban J connectivity index is 3.03. The van der Waals surface area contributed by atoms with E-state index in [2.05, 4.69) is 0 Å². The highest BCUT2D eigenvalue weighted by Gasteiger charge is 2.18. The molecule has 1 aromatic carbocycles. The fourth-order valence-corrected chi connectivity index (χ4v) is 1.54. The largest absolute Gasteiger partial charge is 0.493 e. The number of halogens is 1. The van der Waals surface area contributed by atoms with Crippen molar-refractivity contribution in [2.75, 3.05) is 13.7 Å². The SMILES string of the molecule is COc1cc(Cl)cc(CO)c1OCC(C)(C)O. The summed E-state index contributed by atoms with van der Waals surface area (Å²) in [4.78, 5) is 0. The van der Waals surface area contributed by atoms with Crippen LogP contribution in [-0.4, -0.2) is 29.5 Å². The number of aliphatic hydroxyl groups excluding tert-OH is 1. The molecule has 0 heterocycles. The highest BCUT2D eigenvalue weighted by Crippen LogP contribution is 2.35. The van der Waals surface area contributed by atoms with Crippen LogP contribution in [0.3, 0.4) is 0 Å². The summed E-state index contributed by atoms with van der Waals surface area (Å²) in [6.07, 6.45) is 0. The number of aliphatic hydroxyl groups is 2. The molecule has 0 bridgehead atoms. The van der Waals surface area contributed by atoms with Crippen molar-refractivity contribution in [2.24, 2.45) is 0 Å². The number of rotatable bonds is 5. The first-order valence-electron chi connectivity index (χ1n) is 5.20. The van der Waals surface area contributed by atoms with E-state index in [1.807, 2.05) is 0 Å². The molecule has 1 rings (SSSR count). The minimum Gasteiger partial charge on any atom is -0.493 e. The van der Waals surface area contributed by atoms with Gasteiger partial charge in [-0.1, -0.05) is 11.6 Å². The Kier molecular flexibility index (Phi) is 4.62. The van der Waals surface area contributed by atoms with Gasteiger partial charge in [0.25, 0.3) is 0 Å². The highest BCUT2D eigenvalue weighted by molar-refractivity contribution is 6.30. The van der Waals surface area contributed by atoms with Crippen LogP contribution in [0, 0.1) is 0 Å². The molecule has 1 aromatic rings. The van der Waals surface area contributed by atoms with Crippen LogP contribution >= 0.6 is 11.6 Å². The summed E-state index contributed by atoms with van der Waals surface area (Å²) in [7, 11) is 1.49. The molecule has 0 unspecified atom stereocenters. The second kappa shape index (κ2) is 5.58. The van der Waals surface area contributed by atoms with Crippen LogP contribution in [0.1, 0.15) is 19.4 Å². The van der Waals surface area contributed by atoms with Crippen molar-refractivity contribution in [3.8, 4) is 11.5 Å². The lowest BCUT2D eigenvalue weighted by atomic mass is 10.1. The minimum absolute atomic E-state index is 0.0952. The van der Waals surface area contributed by atoms with Crippen LogP contribution in [0.4, 0.5) is 0 Å². The zero-order valence-electron chi connectivity index (χ0n) is 10.2. The van der Waals surface area contributed by atoms with Crippen molar-refractivity contribution in [2.45, 2.75) is 26.1 Å². The van der Waals surface area contributed by atoms with Gasteiger partial charge in [-0.25, -0.2) is 0 Å². The molecule has 0 amide bonds. The first-order chi connectivity index (χ1) is 7.87. The predicted octanol–water partition coefficient (Wildman–Crippen LogP) is 1.99. The highest BCUT2D eigenvalue weighted by atomic mass is 35.5. The van der Waals surface area contributed by atoms with Crippen molar-refractivity contribution >= 4 is 11.6 Å². The fraction of sp³-hybridized carbons (Fsp3) is 0.500. The molecular formula is C12H17ClO4. The molecular weight excluding hydrogens is 244 g/mol. The summed E-state index contributed by atoms with van der Waals surface area (Å²) in [6, 6.07) is 3.20. The normalized spacial score (nSPS) is 11.4. The van der Waals surface area contributed by atoms with Gasteiger partial charge in [0.1, 0.15) is 6.61 Å². The van der Waals surface area contributed by atoms with Crippen molar-refractivity contribution < 1.29 is 19.7 Å². The molecule has 96 valence electrons. The molecule has 0 aliphatic rings. The molecule has 0 aliphatic carbocycles. The first kappa shape index (κ1) is 14.1. The minimum atomic E-state index is -0.961. The lowest BCUT2D eigenvalue weighted by Gasteiger charge is -2.20. The van der Waals surface area contributed by atoms with E-state index in [4.69, 9.17) is 21.1 Å². The molecule has 5 heteroatoms. The Morgan fingerprint density at radius 3 is 2.47 bits per heavy atom. The predicted molar refractivity (Wildman–Crippen MR) is 65.7 cm³/mol. The van der Waals surface area contributed by atoms with Crippen LogP contribution in [0.5, 0.6) is 11.5 Å². The Bertz CT molecular complexity index is 360. The van der Waals surface area contributed by atoms with Gasteiger partial charge < -0.3 is 19.7 Å². The van der Waals surface area contributed by atoms with Crippen LogP contribution in [0.15, 0.2) is 12.1 Å². The molecule has 0 fully saturated rings. The molecule has 17 heavy (non-hydrogen) atoms. The van der Waals surface area contributed by atoms with Gasteiger partial charge in [0.05, 0.1) is 19.3 Å². The monoisotopic (exact) mass is 260 g/mol. The summed E-state index contributed by atoms with van der Waals surface area (Å²) >= 11 is 5.87. The summed E-state index contributed by atoms with van der Waals surface area (Å²) in [5.41, 5.74) is -0.434. The van der Waals surface area contributed by atoms with Crippen LogP contribution < -0.4 is 9.47 Å². The summed E-state index contributed by atoms with van der Waals surface area (Å²) in [6.45, 7) is 3.15. The van der Waals surface area contributed by atoms with Crippen molar-refractivity contribution in [1.82, 2.24) is 0 Å². The van der Waals surface area contributed by atoms with Crippen molar-refractivity contribution in [1.29, 1.82) is 0 Å². The average Bonchev–Trinajstić information content (AvgIpc) is 2.24. The lowest BCUT2D eigenvalue weighted by Crippen LogP contribution is -2.28. The van der Waals surface area contributed by atoms with E-state index in [1.54, 1.807) is 26.0 Å². The maximum Gasteiger partial charge on any atom is 0.166 e. The number of benzene rings is 1. The molecule has 0 spiro atoms. The number of ether oxygens (including phenoxy) is 2. The maximum absolute atomic E-state index is 9.61. The Morgan fingerprint density at radius 2 is 2.00 bits per heavy atom. The smallest absolute Gasteiger partial charge is 0.166 e. The van der Waals surface area contributed by atoms with E-state index in [0.29, 0.717) is 22.1 Å². The molecule has 0 aliphatic heterocycles.